The second kappa shape index (κ2) is 9.74. The number of hydrogen-bond acceptors (Lipinski definition) is 4. The molecule has 0 spiro atoms. The van der Waals surface area contributed by atoms with Crippen LogP contribution in [0.1, 0.15) is 28.9 Å². The van der Waals surface area contributed by atoms with Crippen LogP contribution >= 0.6 is 0 Å². The summed E-state index contributed by atoms with van der Waals surface area (Å²) >= 11 is 0. The first-order valence-corrected chi connectivity index (χ1v) is 10.6. The third-order valence-corrected chi connectivity index (χ3v) is 5.45. The van der Waals surface area contributed by atoms with Crippen molar-refractivity contribution in [1.82, 2.24) is 10.2 Å². The molecule has 0 bridgehead atoms. The average molecular weight is 405 g/mol. The maximum absolute atomic E-state index is 13.0. The summed E-state index contributed by atoms with van der Waals surface area (Å²) in [5.41, 5.74) is 1.81. The number of amides is 1. The van der Waals surface area contributed by atoms with Gasteiger partial charge in [-0.25, -0.2) is 0 Å². The van der Waals surface area contributed by atoms with Crippen LogP contribution in [0.5, 0.6) is 5.75 Å². The Kier molecular flexibility index (Phi) is 6.62. The van der Waals surface area contributed by atoms with Gasteiger partial charge in [-0.1, -0.05) is 60.7 Å². The zero-order valence-corrected chi connectivity index (χ0v) is 17.3. The predicted octanol–water partition coefficient (Wildman–Crippen LogP) is 4.04. The molecule has 0 radical (unpaired) electrons. The molecule has 1 unspecified atom stereocenters. The first-order valence-electron chi connectivity index (χ1n) is 10.6. The molecule has 1 heterocycles. The second-order valence-corrected chi connectivity index (χ2v) is 7.42. The van der Waals surface area contributed by atoms with E-state index < -0.39 is 0 Å². The monoisotopic (exact) mass is 404 g/mol. The van der Waals surface area contributed by atoms with E-state index in [4.69, 9.17) is 9.47 Å². The molecule has 1 fully saturated rings. The fourth-order valence-corrected chi connectivity index (χ4v) is 3.95. The zero-order valence-electron chi connectivity index (χ0n) is 17.3. The number of carbonyl (C=O) groups excluding carboxylic acids is 1. The largest absolute Gasteiger partial charge is 0.493 e. The van der Waals surface area contributed by atoms with E-state index in [0.29, 0.717) is 31.1 Å². The Morgan fingerprint density at radius 1 is 1.10 bits per heavy atom. The number of nitrogens with zero attached hydrogens (tertiary/aromatic N) is 1. The van der Waals surface area contributed by atoms with E-state index in [2.05, 4.69) is 22.3 Å². The van der Waals surface area contributed by atoms with Crippen molar-refractivity contribution in [3.8, 4) is 5.75 Å². The van der Waals surface area contributed by atoms with E-state index in [0.717, 1.165) is 30.4 Å². The van der Waals surface area contributed by atoms with Crippen molar-refractivity contribution in [2.24, 2.45) is 0 Å². The van der Waals surface area contributed by atoms with Crippen LogP contribution in [0.2, 0.25) is 0 Å². The van der Waals surface area contributed by atoms with Gasteiger partial charge in [-0.3, -0.25) is 9.69 Å². The molecule has 5 nitrogen and oxygen atoms in total. The normalized spacial score (nSPS) is 17.0. The topological polar surface area (TPSA) is 50.8 Å². The maximum Gasteiger partial charge on any atom is 0.255 e. The lowest BCUT2D eigenvalue weighted by Gasteiger charge is -2.33. The fourth-order valence-electron chi connectivity index (χ4n) is 3.95. The summed E-state index contributed by atoms with van der Waals surface area (Å²) in [5, 5.41) is 5.04. The second-order valence-electron chi connectivity index (χ2n) is 7.42. The van der Waals surface area contributed by atoms with E-state index in [1.807, 2.05) is 61.5 Å². The number of nitrogens with one attached hydrogen (secondary N) is 1. The van der Waals surface area contributed by atoms with Crippen LogP contribution in [0, 0.1) is 0 Å². The number of morpholine rings is 1. The lowest BCUT2D eigenvalue weighted by molar-refractivity contribution is -0.0293. The van der Waals surface area contributed by atoms with Gasteiger partial charge in [-0.05, 0) is 29.3 Å². The fraction of sp³-hybridized carbons (Fsp3) is 0.320. The van der Waals surface area contributed by atoms with Gasteiger partial charge in [0.15, 0.2) is 0 Å². The quantitative estimate of drug-likeness (QED) is 0.646. The molecule has 3 aromatic carbocycles. The molecule has 0 saturated carbocycles. The Labute approximate surface area is 177 Å². The highest BCUT2D eigenvalue weighted by atomic mass is 16.5. The number of rotatable bonds is 7. The van der Waals surface area contributed by atoms with Gasteiger partial charge in [0.1, 0.15) is 5.75 Å². The number of hydrogen-bond donors (Lipinski definition) is 1. The molecule has 4 rings (SSSR count). The molecule has 1 amide bonds. The smallest absolute Gasteiger partial charge is 0.255 e. The van der Waals surface area contributed by atoms with Gasteiger partial charge in [-0.15, -0.1) is 0 Å². The molecule has 30 heavy (non-hydrogen) atoms. The first-order chi connectivity index (χ1) is 14.8. The molecule has 1 atom stereocenters. The number of carbonyl (C=O) groups is 1. The highest BCUT2D eigenvalue weighted by Gasteiger charge is 2.22. The standard InChI is InChI=1S/C25H28N2O3/c1-2-29-22-13-12-19-8-6-7-11-21(19)24(22)25(28)26-14-15-27-16-17-30-23(18-27)20-9-4-3-5-10-20/h3-13,23H,2,14-18H2,1H3,(H,26,28). The highest BCUT2D eigenvalue weighted by molar-refractivity contribution is 6.09. The van der Waals surface area contributed by atoms with Crippen molar-refractivity contribution in [3.05, 3.63) is 77.9 Å². The minimum Gasteiger partial charge on any atom is -0.493 e. The molecule has 1 aliphatic heterocycles. The van der Waals surface area contributed by atoms with Crippen LogP contribution in [0.25, 0.3) is 10.8 Å². The third kappa shape index (κ3) is 4.64. The van der Waals surface area contributed by atoms with Gasteiger partial charge < -0.3 is 14.8 Å². The van der Waals surface area contributed by atoms with Crippen LogP contribution in [0.3, 0.4) is 0 Å². The maximum atomic E-state index is 13.0. The van der Waals surface area contributed by atoms with Gasteiger partial charge in [-0.2, -0.15) is 0 Å². The van der Waals surface area contributed by atoms with Crippen LogP contribution in [0.4, 0.5) is 0 Å². The van der Waals surface area contributed by atoms with Crippen LogP contribution in [-0.4, -0.2) is 50.2 Å². The van der Waals surface area contributed by atoms with Crippen molar-refractivity contribution in [2.75, 3.05) is 39.4 Å². The summed E-state index contributed by atoms with van der Waals surface area (Å²) in [6.45, 7) is 6.22. The summed E-state index contributed by atoms with van der Waals surface area (Å²) < 4.78 is 11.7. The van der Waals surface area contributed by atoms with Gasteiger partial charge in [0.2, 0.25) is 0 Å². The molecule has 1 saturated heterocycles. The van der Waals surface area contributed by atoms with E-state index in [9.17, 15) is 4.79 Å². The molecule has 0 aromatic heterocycles. The van der Waals surface area contributed by atoms with E-state index in [1.165, 1.54) is 5.56 Å². The van der Waals surface area contributed by atoms with Gasteiger partial charge in [0.25, 0.3) is 5.91 Å². The molecule has 0 aliphatic carbocycles. The third-order valence-electron chi connectivity index (χ3n) is 5.45. The Balaban J connectivity index is 1.40. The first kappa shape index (κ1) is 20.4. The van der Waals surface area contributed by atoms with Crippen LogP contribution < -0.4 is 10.1 Å². The molecule has 1 N–H and O–H groups in total. The number of ether oxygens (including phenoxy) is 2. The molecule has 3 aromatic rings. The van der Waals surface area contributed by atoms with Crippen molar-refractivity contribution < 1.29 is 14.3 Å². The summed E-state index contributed by atoms with van der Waals surface area (Å²) in [4.78, 5) is 15.4. The van der Waals surface area contributed by atoms with E-state index >= 15 is 0 Å². The van der Waals surface area contributed by atoms with Gasteiger partial charge in [0, 0.05) is 26.2 Å². The highest BCUT2D eigenvalue weighted by Crippen LogP contribution is 2.28. The minimum atomic E-state index is -0.0943. The lowest BCUT2D eigenvalue weighted by Crippen LogP contribution is -2.42. The van der Waals surface area contributed by atoms with Crippen LogP contribution in [0.15, 0.2) is 66.7 Å². The lowest BCUT2D eigenvalue weighted by atomic mass is 10.0. The number of fused-ring (bicyclic) bond motifs is 1. The molecule has 5 heteroatoms. The Morgan fingerprint density at radius 2 is 1.90 bits per heavy atom. The average Bonchev–Trinajstić information content (AvgIpc) is 2.80. The summed E-state index contributed by atoms with van der Waals surface area (Å²) in [5.74, 6) is 0.535. The van der Waals surface area contributed by atoms with E-state index in [-0.39, 0.29) is 12.0 Å². The Hall–Kier alpha value is -2.89. The summed E-state index contributed by atoms with van der Waals surface area (Å²) in [6, 6.07) is 22.1. The molecule has 156 valence electrons. The van der Waals surface area contributed by atoms with Gasteiger partial charge in [0.05, 0.1) is 24.9 Å². The van der Waals surface area contributed by atoms with Crippen molar-refractivity contribution >= 4 is 16.7 Å². The SMILES string of the molecule is CCOc1ccc2ccccc2c1C(=O)NCCN1CCOC(c2ccccc2)C1. The minimum absolute atomic E-state index is 0.0817. The van der Waals surface area contributed by atoms with E-state index in [1.54, 1.807) is 0 Å². The zero-order chi connectivity index (χ0) is 20.8. The predicted molar refractivity (Wildman–Crippen MR) is 119 cm³/mol. The molecule has 1 aliphatic rings. The Morgan fingerprint density at radius 3 is 2.73 bits per heavy atom. The summed E-state index contributed by atoms with van der Waals surface area (Å²) in [6.07, 6.45) is 0.0817. The number of benzene rings is 3. The van der Waals surface area contributed by atoms with Gasteiger partial charge >= 0.3 is 0 Å². The summed E-state index contributed by atoms with van der Waals surface area (Å²) in [7, 11) is 0. The van der Waals surface area contributed by atoms with Crippen LogP contribution in [-0.2, 0) is 4.74 Å². The molecular formula is C25H28N2O3. The van der Waals surface area contributed by atoms with Crippen molar-refractivity contribution in [2.45, 2.75) is 13.0 Å². The Bertz CT molecular complexity index is 990. The molecular weight excluding hydrogens is 376 g/mol. The van der Waals surface area contributed by atoms with Crippen molar-refractivity contribution in [3.63, 3.8) is 0 Å². The van der Waals surface area contributed by atoms with Crippen molar-refractivity contribution in [1.29, 1.82) is 0 Å².